The van der Waals surface area contributed by atoms with Crippen molar-refractivity contribution in [1.82, 2.24) is 10.2 Å². The first-order valence-electron chi connectivity index (χ1n) is 5.81. The molecular formula is C11H18N2O. The lowest BCUT2D eigenvalue weighted by Gasteiger charge is -2.42. The SMILES string of the molecule is O=C1CNCCN1C12CCC(CC1)C2. The molecule has 0 aromatic rings. The third-order valence-electron chi connectivity index (χ3n) is 4.37. The molecule has 3 nitrogen and oxygen atoms in total. The number of hydrogen-bond donors (Lipinski definition) is 1. The molecular weight excluding hydrogens is 176 g/mol. The Kier molecular flexibility index (Phi) is 1.84. The molecule has 3 heteroatoms. The van der Waals surface area contributed by atoms with E-state index in [2.05, 4.69) is 10.2 Å². The Balaban J connectivity index is 1.82. The number of carbonyl (C=O) groups is 1. The molecule has 1 aliphatic heterocycles. The van der Waals surface area contributed by atoms with Crippen LogP contribution < -0.4 is 5.32 Å². The summed E-state index contributed by atoms with van der Waals surface area (Å²) in [5.41, 5.74) is 0.295. The van der Waals surface area contributed by atoms with Crippen LogP contribution in [0.25, 0.3) is 0 Å². The van der Waals surface area contributed by atoms with E-state index in [0.29, 0.717) is 18.0 Å². The Morgan fingerprint density at radius 2 is 2.14 bits per heavy atom. The second-order valence-corrected chi connectivity index (χ2v) is 5.09. The summed E-state index contributed by atoms with van der Waals surface area (Å²) in [6, 6.07) is 0. The van der Waals surface area contributed by atoms with E-state index >= 15 is 0 Å². The fourth-order valence-corrected chi connectivity index (χ4v) is 3.65. The summed E-state index contributed by atoms with van der Waals surface area (Å²) >= 11 is 0. The maximum atomic E-state index is 11.8. The number of hydrogen-bond acceptors (Lipinski definition) is 2. The Labute approximate surface area is 84.8 Å². The first-order valence-corrected chi connectivity index (χ1v) is 5.81. The topological polar surface area (TPSA) is 32.3 Å². The van der Waals surface area contributed by atoms with Gasteiger partial charge in [0.15, 0.2) is 0 Å². The van der Waals surface area contributed by atoms with Crippen molar-refractivity contribution < 1.29 is 4.79 Å². The van der Waals surface area contributed by atoms with Gasteiger partial charge in [-0.1, -0.05) is 0 Å². The maximum absolute atomic E-state index is 11.8. The first-order chi connectivity index (χ1) is 6.80. The van der Waals surface area contributed by atoms with Gasteiger partial charge < -0.3 is 10.2 Å². The van der Waals surface area contributed by atoms with Crippen molar-refractivity contribution in [3.63, 3.8) is 0 Å². The minimum atomic E-state index is 0.295. The van der Waals surface area contributed by atoms with Gasteiger partial charge in [-0.2, -0.15) is 0 Å². The first kappa shape index (κ1) is 8.72. The van der Waals surface area contributed by atoms with E-state index in [1.807, 2.05) is 0 Å². The predicted molar refractivity (Wildman–Crippen MR) is 53.9 cm³/mol. The molecule has 0 atom stereocenters. The van der Waals surface area contributed by atoms with E-state index < -0.39 is 0 Å². The van der Waals surface area contributed by atoms with Gasteiger partial charge in [0.25, 0.3) is 0 Å². The Bertz CT molecular complexity index is 256. The molecule has 0 aromatic carbocycles. The van der Waals surface area contributed by atoms with Crippen LogP contribution in [0.3, 0.4) is 0 Å². The van der Waals surface area contributed by atoms with Crippen molar-refractivity contribution in [1.29, 1.82) is 0 Å². The van der Waals surface area contributed by atoms with Crippen LogP contribution in [0.1, 0.15) is 32.1 Å². The third-order valence-corrected chi connectivity index (χ3v) is 4.37. The smallest absolute Gasteiger partial charge is 0.237 e. The summed E-state index contributed by atoms with van der Waals surface area (Å²) in [5.74, 6) is 1.26. The second kappa shape index (κ2) is 2.96. The molecule has 2 saturated carbocycles. The second-order valence-electron chi connectivity index (χ2n) is 5.09. The summed E-state index contributed by atoms with van der Waals surface area (Å²) in [4.78, 5) is 14.0. The molecule has 0 aromatic heterocycles. The van der Waals surface area contributed by atoms with E-state index in [9.17, 15) is 4.79 Å². The van der Waals surface area contributed by atoms with Crippen LogP contribution in [0.2, 0.25) is 0 Å². The Morgan fingerprint density at radius 1 is 1.36 bits per heavy atom. The zero-order valence-corrected chi connectivity index (χ0v) is 8.59. The zero-order valence-electron chi connectivity index (χ0n) is 8.59. The number of amides is 1. The number of carbonyl (C=O) groups excluding carboxylic acids is 1. The normalized spacial score (nSPS) is 42.1. The largest absolute Gasteiger partial charge is 0.335 e. The van der Waals surface area contributed by atoms with E-state index in [-0.39, 0.29) is 0 Å². The molecule has 1 heterocycles. The van der Waals surface area contributed by atoms with Gasteiger partial charge in [-0.3, -0.25) is 4.79 Å². The van der Waals surface area contributed by atoms with Gasteiger partial charge in [0.2, 0.25) is 5.91 Å². The van der Waals surface area contributed by atoms with Gasteiger partial charge in [0.1, 0.15) is 0 Å². The van der Waals surface area contributed by atoms with Crippen molar-refractivity contribution >= 4 is 5.91 Å². The number of nitrogens with zero attached hydrogens (tertiary/aromatic N) is 1. The van der Waals surface area contributed by atoms with Crippen molar-refractivity contribution in [2.75, 3.05) is 19.6 Å². The van der Waals surface area contributed by atoms with Crippen LogP contribution in [-0.4, -0.2) is 36.0 Å². The average molecular weight is 194 g/mol. The minimum absolute atomic E-state index is 0.295. The molecule has 3 rings (SSSR count). The van der Waals surface area contributed by atoms with Gasteiger partial charge in [-0.05, 0) is 38.0 Å². The molecule has 3 aliphatic rings. The van der Waals surface area contributed by atoms with E-state index in [1.165, 1.54) is 32.1 Å². The summed E-state index contributed by atoms with van der Waals surface area (Å²) < 4.78 is 0. The molecule has 0 spiro atoms. The lowest BCUT2D eigenvalue weighted by atomic mass is 9.91. The predicted octanol–water partition coefficient (Wildman–Crippen LogP) is 0.751. The Hall–Kier alpha value is -0.570. The molecule has 3 fully saturated rings. The fourth-order valence-electron chi connectivity index (χ4n) is 3.65. The van der Waals surface area contributed by atoms with Crippen LogP contribution in [0, 0.1) is 5.92 Å². The highest BCUT2D eigenvalue weighted by Crippen LogP contribution is 2.51. The third kappa shape index (κ3) is 1.11. The molecule has 2 bridgehead atoms. The fraction of sp³-hybridized carbons (Fsp3) is 0.909. The number of fused-ring (bicyclic) bond motifs is 2. The average Bonchev–Trinajstić information content (AvgIpc) is 2.79. The van der Waals surface area contributed by atoms with Crippen molar-refractivity contribution in [3.05, 3.63) is 0 Å². The number of nitrogens with one attached hydrogen (secondary N) is 1. The van der Waals surface area contributed by atoms with Gasteiger partial charge in [-0.15, -0.1) is 0 Å². The summed E-state index contributed by atoms with van der Waals surface area (Å²) in [6.07, 6.45) is 6.54. The quantitative estimate of drug-likeness (QED) is 0.668. The highest BCUT2D eigenvalue weighted by molar-refractivity contribution is 5.80. The molecule has 0 unspecified atom stereocenters. The van der Waals surface area contributed by atoms with Gasteiger partial charge >= 0.3 is 0 Å². The zero-order chi connectivity index (χ0) is 9.60. The standard InChI is InChI=1S/C11H18N2O/c14-10-8-12-5-6-13(10)11-3-1-9(7-11)2-4-11/h9,12H,1-8H2. The number of rotatable bonds is 1. The molecule has 1 amide bonds. The van der Waals surface area contributed by atoms with E-state index in [0.717, 1.165) is 19.0 Å². The molecule has 1 N–H and O–H groups in total. The molecule has 2 aliphatic carbocycles. The summed E-state index contributed by atoms with van der Waals surface area (Å²) in [5, 5.41) is 3.15. The lowest BCUT2D eigenvalue weighted by Crippen LogP contribution is -2.57. The van der Waals surface area contributed by atoms with Crippen LogP contribution in [0.4, 0.5) is 0 Å². The lowest BCUT2D eigenvalue weighted by molar-refractivity contribution is -0.138. The van der Waals surface area contributed by atoms with Crippen LogP contribution >= 0.6 is 0 Å². The molecule has 14 heavy (non-hydrogen) atoms. The maximum Gasteiger partial charge on any atom is 0.237 e. The summed E-state index contributed by atoms with van der Waals surface area (Å²) in [7, 11) is 0. The van der Waals surface area contributed by atoms with Crippen LogP contribution in [0.5, 0.6) is 0 Å². The van der Waals surface area contributed by atoms with Crippen LogP contribution in [0.15, 0.2) is 0 Å². The van der Waals surface area contributed by atoms with E-state index in [1.54, 1.807) is 0 Å². The molecule has 0 radical (unpaired) electrons. The number of piperazine rings is 1. The van der Waals surface area contributed by atoms with Crippen LogP contribution in [-0.2, 0) is 4.79 Å². The Morgan fingerprint density at radius 3 is 2.71 bits per heavy atom. The van der Waals surface area contributed by atoms with Gasteiger partial charge in [0.05, 0.1) is 6.54 Å². The highest BCUT2D eigenvalue weighted by atomic mass is 16.2. The monoisotopic (exact) mass is 194 g/mol. The minimum Gasteiger partial charge on any atom is -0.335 e. The van der Waals surface area contributed by atoms with E-state index in [4.69, 9.17) is 0 Å². The van der Waals surface area contributed by atoms with Crippen molar-refractivity contribution in [3.8, 4) is 0 Å². The summed E-state index contributed by atoms with van der Waals surface area (Å²) in [6.45, 7) is 2.48. The molecule has 78 valence electrons. The van der Waals surface area contributed by atoms with Crippen molar-refractivity contribution in [2.45, 2.75) is 37.6 Å². The van der Waals surface area contributed by atoms with Gasteiger partial charge in [-0.25, -0.2) is 0 Å². The molecule has 1 saturated heterocycles. The van der Waals surface area contributed by atoms with Gasteiger partial charge in [0, 0.05) is 18.6 Å². The highest BCUT2D eigenvalue weighted by Gasteiger charge is 2.50. The van der Waals surface area contributed by atoms with Crippen molar-refractivity contribution in [2.24, 2.45) is 5.92 Å².